The molecule has 0 fully saturated rings. The third-order valence-corrected chi connectivity index (χ3v) is 10.6. The molecule has 0 aromatic rings. The first kappa shape index (κ1) is 33.1. The Labute approximate surface area is 211 Å². The van der Waals surface area contributed by atoms with E-state index in [4.69, 9.17) is 8.85 Å². The number of rotatable bonds is 28. The molecule has 0 spiro atoms. The van der Waals surface area contributed by atoms with Crippen LogP contribution in [0.25, 0.3) is 0 Å². The molecule has 0 N–H and O–H groups in total. The Balaban J connectivity index is 3.09. The van der Waals surface area contributed by atoms with E-state index in [1.54, 1.807) is 14.2 Å². The van der Waals surface area contributed by atoms with E-state index in [9.17, 15) is 0 Å². The predicted molar refractivity (Wildman–Crippen MR) is 152 cm³/mol. The lowest BCUT2D eigenvalue weighted by Gasteiger charge is -2.22. The molecule has 0 aromatic heterocycles. The number of hydrogen-bond acceptors (Lipinski definition) is 2. The Kier molecular flexibility index (Phi) is 26.8. The van der Waals surface area contributed by atoms with E-state index in [0.29, 0.717) is 0 Å². The van der Waals surface area contributed by atoms with Crippen molar-refractivity contribution < 1.29 is 8.85 Å². The molecule has 0 bridgehead atoms. The second-order valence-corrected chi connectivity index (χ2v) is 14.4. The fourth-order valence-electron chi connectivity index (χ4n) is 4.87. The predicted octanol–water partition coefficient (Wildman–Crippen LogP) is 11.1. The summed E-state index contributed by atoms with van der Waals surface area (Å²) < 4.78 is 11.1. The second-order valence-electron chi connectivity index (χ2n) is 10.8. The summed E-state index contributed by atoms with van der Waals surface area (Å²) >= 11 is 0. The van der Waals surface area contributed by atoms with Gasteiger partial charge in [-0.1, -0.05) is 167 Å². The van der Waals surface area contributed by atoms with Crippen molar-refractivity contribution in [1.29, 1.82) is 0 Å². The number of unbranched alkanes of at least 4 members (excludes halogenated alkanes) is 24. The summed E-state index contributed by atoms with van der Waals surface area (Å²) in [4.78, 5) is 0. The minimum absolute atomic E-state index is 1.14. The molecule has 0 saturated heterocycles. The van der Waals surface area contributed by atoms with Gasteiger partial charge < -0.3 is 8.85 Å². The molecule has 3 heteroatoms. The van der Waals surface area contributed by atoms with Crippen LogP contribution >= 0.6 is 0 Å². The lowest BCUT2D eigenvalue weighted by molar-refractivity contribution is 0.248. The Hall–Kier alpha value is 0.137. The standard InChI is InChI=1S/C30H64O2Si/c1-5-6-7-8-9-10-11-12-13-14-15-16-17-18-19-20-21-22-23-24-25-26-27-28-29-30-33(4,31-2)32-3/h5-30H2,1-4H3. The largest absolute Gasteiger partial charge is 0.398 e. The van der Waals surface area contributed by atoms with E-state index < -0.39 is 8.56 Å². The fraction of sp³-hybridized carbons (Fsp3) is 1.00. The Morgan fingerprint density at radius 1 is 0.364 bits per heavy atom. The summed E-state index contributed by atoms with van der Waals surface area (Å²) in [6.45, 7) is 4.48. The van der Waals surface area contributed by atoms with Crippen LogP contribution in [0.5, 0.6) is 0 Å². The van der Waals surface area contributed by atoms with Crippen molar-refractivity contribution in [1.82, 2.24) is 0 Å². The maximum absolute atomic E-state index is 5.56. The maximum Gasteiger partial charge on any atom is 0.334 e. The molecule has 0 unspecified atom stereocenters. The molecule has 0 aliphatic heterocycles. The Morgan fingerprint density at radius 3 is 0.788 bits per heavy atom. The van der Waals surface area contributed by atoms with E-state index in [1.165, 1.54) is 161 Å². The van der Waals surface area contributed by atoms with Crippen molar-refractivity contribution in [3.8, 4) is 0 Å². The smallest absolute Gasteiger partial charge is 0.334 e. The SMILES string of the molecule is CCCCCCCCCCCCCCCCCCCCCCCCCCC[Si](C)(OC)OC. The Bertz CT molecular complexity index is 357. The van der Waals surface area contributed by atoms with Crippen LogP contribution in [0.1, 0.15) is 167 Å². The van der Waals surface area contributed by atoms with Crippen LogP contribution in [-0.2, 0) is 8.85 Å². The zero-order chi connectivity index (χ0) is 24.3. The molecule has 2 nitrogen and oxygen atoms in total. The summed E-state index contributed by atoms with van der Waals surface area (Å²) in [5, 5.41) is 0. The first-order valence-electron chi connectivity index (χ1n) is 15.3. The van der Waals surface area contributed by atoms with Crippen LogP contribution in [-0.4, -0.2) is 22.8 Å². The molecule has 0 atom stereocenters. The van der Waals surface area contributed by atoms with E-state index in [1.807, 2.05) is 0 Å². The van der Waals surface area contributed by atoms with Gasteiger partial charge in [0.05, 0.1) is 0 Å². The molecule has 33 heavy (non-hydrogen) atoms. The summed E-state index contributed by atoms with van der Waals surface area (Å²) in [5.74, 6) is 0. The van der Waals surface area contributed by atoms with E-state index in [-0.39, 0.29) is 0 Å². The quantitative estimate of drug-likeness (QED) is 0.0811. The van der Waals surface area contributed by atoms with Gasteiger partial charge in [0.15, 0.2) is 0 Å². The van der Waals surface area contributed by atoms with Crippen molar-refractivity contribution in [2.24, 2.45) is 0 Å². The third-order valence-electron chi connectivity index (χ3n) is 7.60. The molecule has 0 saturated carbocycles. The molecule has 200 valence electrons. The third kappa shape index (κ3) is 25.0. The average Bonchev–Trinajstić information content (AvgIpc) is 2.83. The summed E-state index contributed by atoms with van der Waals surface area (Å²) in [7, 11) is 1.79. The van der Waals surface area contributed by atoms with Gasteiger partial charge in [-0.25, -0.2) is 0 Å². The summed E-state index contributed by atoms with van der Waals surface area (Å²) in [6, 6.07) is 1.14. The highest BCUT2D eigenvalue weighted by Crippen LogP contribution is 2.18. The van der Waals surface area contributed by atoms with Gasteiger partial charge in [-0.05, 0) is 12.6 Å². The van der Waals surface area contributed by atoms with Crippen molar-refractivity contribution in [2.45, 2.75) is 180 Å². The minimum Gasteiger partial charge on any atom is -0.398 e. The molecule has 0 amide bonds. The van der Waals surface area contributed by atoms with Gasteiger partial charge in [-0.2, -0.15) is 0 Å². The first-order valence-corrected chi connectivity index (χ1v) is 17.8. The van der Waals surface area contributed by atoms with Gasteiger partial charge in [0, 0.05) is 14.2 Å². The number of hydrogen-bond donors (Lipinski definition) is 0. The van der Waals surface area contributed by atoms with Crippen molar-refractivity contribution in [3.63, 3.8) is 0 Å². The lowest BCUT2D eigenvalue weighted by Crippen LogP contribution is -2.35. The zero-order valence-corrected chi connectivity index (χ0v) is 24.7. The van der Waals surface area contributed by atoms with Crippen molar-refractivity contribution in [2.75, 3.05) is 14.2 Å². The van der Waals surface area contributed by atoms with Gasteiger partial charge in [-0.3, -0.25) is 0 Å². The molecule has 0 aliphatic rings. The highest BCUT2D eigenvalue weighted by Gasteiger charge is 2.27. The molecular formula is C30H64O2Si. The van der Waals surface area contributed by atoms with Crippen LogP contribution in [0.4, 0.5) is 0 Å². The van der Waals surface area contributed by atoms with Gasteiger partial charge >= 0.3 is 8.56 Å². The van der Waals surface area contributed by atoms with Crippen molar-refractivity contribution in [3.05, 3.63) is 0 Å². The highest BCUT2D eigenvalue weighted by molar-refractivity contribution is 6.65. The lowest BCUT2D eigenvalue weighted by atomic mass is 10.0. The minimum atomic E-state index is -1.82. The van der Waals surface area contributed by atoms with Crippen LogP contribution in [0.2, 0.25) is 12.6 Å². The average molecular weight is 485 g/mol. The Morgan fingerprint density at radius 2 is 0.576 bits per heavy atom. The maximum atomic E-state index is 5.56. The molecule has 0 radical (unpaired) electrons. The van der Waals surface area contributed by atoms with Crippen LogP contribution in [0.15, 0.2) is 0 Å². The van der Waals surface area contributed by atoms with Gasteiger partial charge in [0.1, 0.15) is 0 Å². The van der Waals surface area contributed by atoms with Crippen LogP contribution in [0.3, 0.4) is 0 Å². The summed E-state index contributed by atoms with van der Waals surface area (Å²) in [6.07, 6.45) is 36.2. The fourth-order valence-corrected chi connectivity index (χ4v) is 6.34. The van der Waals surface area contributed by atoms with Crippen molar-refractivity contribution >= 4 is 8.56 Å². The normalized spacial score (nSPS) is 12.0. The monoisotopic (exact) mass is 484 g/mol. The second kappa shape index (κ2) is 26.7. The molecular weight excluding hydrogens is 420 g/mol. The van der Waals surface area contributed by atoms with Crippen LogP contribution in [0, 0.1) is 0 Å². The topological polar surface area (TPSA) is 18.5 Å². The van der Waals surface area contributed by atoms with E-state index in [2.05, 4.69) is 13.5 Å². The zero-order valence-electron chi connectivity index (χ0n) is 23.7. The molecule has 0 rings (SSSR count). The van der Waals surface area contributed by atoms with Crippen LogP contribution < -0.4 is 0 Å². The van der Waals surface area contributed by atoms with Gasteiger partial charge in [0.25, 0.3) is 0 Å². The van der Waals surface area contributed by atoms with Gasteiger partial charge in [0.2, 0.25) is 0 Å². The van der Waals surface area contributed by atoms with E-state index >= 15 is 0 Å². The molecule has 0 aliphatic carbocycles. The molecule has 0 aromatic carbocycles. The molecule has 0 heterocycles. The highest BCUT2D eigenvalue weighted by atomic mass is 28.4. The van der Waals surface area contributed by atoms with Gasteiger partial charge in [-0.15, -0.1) is 0 Å². The summed E-state index contributed by atoms with van der Waals surface area (Å²) in [5.41, 5.74) is 0. The van der Waals surface area contributed by atoms with E-state index in [0.717, 1.165) is 6.04 Å². The first-order chi connectivity index (χ1) is 16.2.